The first-order valence-corrected chi connectivity index (χ1v) is 6.77. The van der Waals surface area contributed by atoms with Gasteiger partial charge in [-0.05, 0) is 25.0 Å². The van der Waals surface area contributed by atoms with Gasteiger partial charge in [0.15, 0.2) is 0 Å². The minimum Gasteiger partial charge on any atom is -0.349 e. The van der Waals surface area contributed by atoms with Gasteiger partial charge in [0.25, 0.3) is 0 Å². The third kappa shape index (κ3) is 2.17. The number of rotatable bonds is 3. The zero-order valence-electron chi connectivity index (χ0n) is 9.48. The predicted molar refractivity (Wildman–Crippen MR) is 68.8 cm³/mol. The van der Waals surface area contributed by atoms with Gasteiger partial charge in [0.2, 0.25) is 5.91 Å². The molecule has 4 heteroatoms. The van der Waals surface area contributed by atoms with Crippen molar-refractivity contribution in [1.29, 1.82) is 0 Å². The molecule has 1 aromatic heterocycles. The lowest BCUT2D eigenvalue weighted by Crippen LogP contribution is -2.33. The van der Waals surface area contributed by atoms with Gasteiger partial charge in [0, 0.05) is 5.92 Å². The van der Waals surface area contributed by atoms with Crippen molar-refractivity contribution in [3.05, 3.63) is 29.3 Å². The van der Waals surface area contributed by atoms with Gasteiger partial charge in [-0.3, -0.25) is 4.79 Å². The van der Waals surface area contributed by atoms with Crippen LogP contribution in [0.2, 0.25) is 0 Å². The highest BCUT2D eigenvalue weighted by Gasteiger charge is 2.24. The van der Waals surface area contributed by atoms with Crippen LogP contribution in [0.15, 0.2) is 24.3 Å². The Balaban J connectivity index is 1.66. The van der Waals surface area contributed by atoms with Crippen molar-refractivity contribution < 1.29 is 4.79 Å². The molecule has 0 radical (unpaired) electrons. The van der Waals surface area contributed by atoms with Crippen LogP contribution >= 0.6 is 11.3 Å². The molecule has 1 N–H and O–H groups in total. The number of para-hydroxylation sites is 1. The minimum atomic E-state index is 0.190. The molecular formula is C13H14N2OS. The molecular weight excluding hydrogens is 232 g/mol. The van der Waals surface area contributed by atoms with Crippen molar-refractivity contribution in [3.8, 4) is 0 Å². The van der Waals surface area contributed by atoms with Crippen molar-refractivity contribution >= 4 is 27.5 Å². The number of nitrogens with one attached hydrogen (secondary N) is 1. The van der Waals surface area contributed by atoms with Gasteiger partial charge < -0.3 is 5.32 Å². The molecule has 3 nitrogen and oxygen atoms in total. The average molecular weight is 246 g/mol. The van der Waals surface area contributed by atoms with Gasteiger partial charge >= 0.3 is 0 Å². The average Bonchev–Trinajstić information content (AvgIpc) is 2.66. The van der Waals surface area contributed by atoms with E-state index in [-0.39, 0.29) is 11.8 Å². The summed E-state index contributed by atoms with van der Waals surface area (Å²) >= 11 is 1.65. The maximum atomic E-state index is 11.7. The van der Waals surface area contributed by atoms with Crippen molar-refractivity contribution in [1.82, 2.24) is 10.3 Å². The maximum Gasteiger partial charge on any atom is 0.223 e. The van der Waals surface area contributed by atoms with Crippen LogP contribution in [0.5, 0.6) is 0 Å². The van der Waals surface area contributed by atoms with E-state index in [1.54, 1.807) is 11.3 Å². The zero-order chi connectivity index (χ0) is 11.7. The van der Waals surface area contributed by atoms with Crippen LogP contribution < -0.4 is 5.32 Å². The molecule has 1 aromatic carbocycles. The van der Waals surface area contributed by atoms with Gasteiger partial charge in [-0.1, -0.05) is 18.6 Å². The first-order valence-electron chi connectivity index (χ1n) is 5.95. The summed E-state index contributed by atoms with van der Waals surface area (Å²) in [4.78, 5) is 16.2. The molecule has 0 atom stereocenters. The summed E-state index contributed by atoms with van der Waals surface area (Å²) in [5, 5.41) is 3.96. The number of nitrogens with zero attached hydrogens (tertiary/aromatic N) is 1. The van der Waals surface area contributed by atoms with E-state index in [4.69, 9.17) is 0 Å². The van der Waals surface area contributed by atoms with E-state index in [9.17, 15) is 4.79 Å². The molecule has 1 saturated carbocycles. The number of aromatic nitrogens is 1. The standard InChI is InChI=1S/C13H14N2OS/c16-13(9-4-3-5-9)14-8-12-15-10-6-1-2-7-11(10)17-12/h1-2,6-7,9H,3-5,8H2,(H,14,16). The lowest BCUT2D eigenvalue weighted by Gasteiger charge is -2.23. The van der Waals surface area contributed by atoms with Crippen LogP contribution in [0.4, 0.5) is 0 Å². The van der Waals surface area contributed by atoms with E-state index in [1.165, 1.54) is 11.1 Å². The van der Waals surface area contributed by atoms with Crippen LogP contribution in [0.25, 0.3) is 10.2 Å². The van der Waals surface area contributed by atoms with E-state index in [0.29, 0.717) is 6.54 Å². The molecule has 0 unspecified atom stereocenters. The Kier molecular flexibility index (Phi) is 2.81. The Bertz CT molecular complexity index is 512. The third-order valence-electron chi connectivity index (χ3n) is 3.23. The Hall–Kier alpha value is -1.42. The number of hydrogen-bond acceptors (Lipinski definition) is 3. The zero-order valence-corrected chi connectivity index (χ0v) is 10.3. The van der Waals surface area contributed by atoms with Crippen LogP contribution in [-0.4, -0.2) is 10.9 Å². The van der Waals surface area contributed by atoms with E-state index < -0.39 is 0 Å². The second kappa shape index (κ2) is 4.45. The lowest BCUT2D eigenvalue weighted by atomic mass is 9.85. The monoisotopic (exact) mass is 246 g/mol. The smallest absolute Gasteiger partial charge is 0.223 e. The number of benzene rings is 1. The molecule has 17 heavy (non-hydrogen) atoms. The molecule has 2 aromatic rings. The van der Waals surface area contributed by atoms with Crippen molar-refractivity contribution in [3.63, 3.8) is 0 Å². The van der Waals surface area contributed by atoms with Crippen LogP contribution in [0.1, 0.15) is 24.3 Å². The SMILES string of the molecule is O=C(NCc1nc2ccccc2s1)C1CCC1. The first kappa shape index (κ1) is 10.7. The molecule has 1 amide bonds. The van der Waals surface area contributed by atoms with Gasteiger partial charge in [-0.2, -0.15) is 0 Å². The van der Waals surface area contributed by atoms with Gasteiger partial charge in [0.1, 0.15) is 5.01 Å². The maximum absolute atomic E-state index is 11.7. The van der Waals surface area contributed by atoms with E-state index in [0.717, 1.165) is 23.4 Å². The minimum absolute atomic E-state index is 0.190. The Morgan fingerprint density at radius 3 is 2.94 bits per heavy atom. The topological polar surface area (TPSA) is 42.0 Å². The molecule has 0 spiro atoms. The van der Waals surface area contributed by atoms with E-state index >= 15 is 0 Å². The molecule has 3 rings (SSSR count). The quantitative estimate of drug-likeness (QED) is 0.904. The number of hydrogen-bond donors (Lipinski definition) is 1. The molecule has 1 aliphatic carbocycles. The van der Waals surface area contributed by atoms with Crippen molar-refractivity contribution in [2.75, 3.05) is 0 Å². The summed E-state index contributed by atoms with van der Waals surface area (Å²) < 4.78 is 1.18. The fourth-order valence-corrected chi connectivity index (χ4v) is 2.88. The third-order valence-corrected chi connectivity index (χ3v) is 4.26. The van der Waals surface area contributed by atoms with Crippen LogP contribution in [0, 0.1) is 5.92 Å². The number of fused-ring (bicyclic) bond motifs is 1. The fraction of sp³-hybridized carbons (Fsp3) is 0.385. The first-order chi connectivity index (χ1) is 8.33. The second-order valence-corrected chi connectivity index (χ2v) is 5.54. The Morgan fingerprint density at radius 1 is 1.41 bits per heavy atom. The molecule has 0 saturated heterocycles. The van der Waals surface area contributed by atoms with Gasteiger partial charge in [0.05, 0.1) is 16.8 Å². The summed E-state index contributed by atoms with van der Waals surface area (Å²) in [5.41, 5.74) is 1.02. The van der Waals surface area contributed by atoms with Crippen LogP contribution in [0.3, 0.4) is 0 Å². The lowest BCUT2D eigenvalue weighted by molar-refractivity contribution is -0.127. The number of thiazole rings is 1. The summed E-state index contributed by atoms with van der Waals surface area (Å²) in [5.74, 6) is 0.444. The van der Waals surface area contributed by atoms with Crippen molar-refractivity contribution in [2.45, 2.75) is 25.8 Å². The predicted octanol–water partition coefficient (Wildman–Crippen LogP) is 2.71. The normalized spacial score (nSPS) is 15.8. The molecule has 1 aliphatic rings. The van der Waals surface area contributed by atoms with Gasteiger partial charge in [-0.15, -0.1) is 11.3 Å². The van der Waals surface area contributed by atoms with E-state index in [2.05, 4.69) is 16.4 Å². The van der Waals surface area contributed by atoms with Crippen LogP contribution in [-0.2, 0) is 11.3 Å². The highest BCUT2D eigenvalue weighted by atomic mass is 32.1. The molecule has 1 fully saturated rings. The molecule has 0 aliphatic heterocycles. The fourth-order valence-electron chi connectivity index (χ4n) is 1.97. The second-order valence-electron chi connectivity index (χ2n) is 4.42. The number of amides is 1. The molecule has 88 valence electrons. The molecule has 1 heterocycles. The summed E-state index contributed by atoms with van der Waals surface area (Å²) in [6.07, 6.45) is 3.29. The summed E-state index contributed by atoms with van der Waals surface area (Å²) in [6.45, 7) is 0.564. The summed E-state index contributed by atoms with van der Waals surface area (Å²) in [7, 11) is 0. The Morgan fingerprint density at radius 2 is 2.24 bits per heavy atom. The summed E-state index contributed by atoms with van der Waals surface area (Å²) in [6, 6.07) is 8.06. The number of carbonyl (C=O) groups is 1. The highest BCUT2D eigenvalue weighted by molar-refractivity contribution is 7.18. The van der Waals surface area contributed by atoms with E-state index in [1.807, 2.05) is 18.2 Å². The highest BCUT2D eigenvalue weighted by Crippen LogP contribution is 2.26. The van der Waals surface area contributed by atoms with Gasteiger partial charge in [-0.25, -0.2) is 4.98 Å². The Labute approximate surface area is 104 Å². The van der Waals surface area contributed by atoms with Crippen molar-refractivity contribution in [2.24, 2.45) is 5.92 Å². The largest absolute Gasteiger partial charge is 0.349 e. The molecule has 0 bridgehead atoms. The number of carbonyl (C=O) groups excluding carboxylic acids is 1.